The molecule has 4 aromatic carbocycles. The highest BCUT2D eigenvalue weighted by Gasteiger charge is 2.23. The van der Waals surface area contributed by atoms with Crippen molar-refractivity contribution in [3.8, 4) is 11.5 Å². The van der Waals surface area contributed by atoms with Gasteiger partial charge in [-0.2, -0.15) is 0 Å². The van der Waals surface area contributed by atoms with Crippen LogP contribution in [-0.4, -0.2) is 34.7 Å². The first-order valence-corrected chi connectivity index (χ1v) is 14.1. The van der Waals surface area contributed by atoms with Gasteiger partial charge < -0.3 is 20.2 Å². The van der Waals surface area contributed by atoms with E-state index >= 15 is 0 Å². The van der Waals surface area contributed by atoms with Crippen molar-refractivity contribution in [2.45, 2.75) is 44.9 Å². The Kier molecular flexibility index (Phi) is 9.54. The van der Waals surface area contributed by atoms with Crippen LogP contribution in [-0.2, 0) is 30.6 Å². The van der Waals surface area contributed by atoms with Crippen molar-refractivity contribution in [3.05, 3.63) is 125 Å². The normalized spacial score (nSPS) is 12.8. The van der Waals surface area contributed by atoms with E-state index in [4.69, 9.17) is 4.42 Å². The molecule has 2 atom stereocenters. The minimum atomic E-state index is -1.04. The number of aromatic nitrogens is 1. The molecule has 0 saturated carbocycles. The summed E-state index contributed by atoms with van der Waals surface area (Å²) in [7, 11) is 0. The number of aliphatic hydroxyl groups excluding tert-OH is 1. The third-order valence-electron chi connectivity index (χ3n) is 7.18. The molecule has 0 saturated heterocycles. The van der Waals surface area contributed by atoms with Crippen LogP contribution in [0.2, 0.25) is 0 Å². The van der Waals surface area contributed by atoms with Crippen LogP contribution in [0.1, 0.15) is 29.2 Å². The molecular formula is C34H32F3N3O3. The smallest absolute Gasteiger partial charge is 0.227 e. The van der Waals surface area contributed by atoms with Crippen LogP contribution < -0.4 is 10.6 Å². The maximum absolute atomic E-state index is 13.9. The third-order valence-corrected chi connectivity index (χ3v) is 7.18. The molecule has 0 fully saturated rings. The molecule has 6 nitrogen and oxygen atoms in total. The van der Waals surface area contributed by atoms with E-state index in [2.05, 4.69) is 28.6 Å². The Labute approximate surface area is 247 Å². The van der Waals surface area contributed by atoms with E-state index in [-0.39, 0.29) is 31.1 Å². The minimum Gasteiger partial charge on any atom is -0.436 e. The molecule has 0 aliphatic heterocycles. The third kappa shape index (κ3) is 8.09. The Morgan fingerprint density at radius 1 is 0.860 bits per heavy atom. The molecule has 0 spiro atoms. The monoisotopic (exact) mass is 587 g/mol. The number of nitrogens with zero attached hydrogens (tertiary/aromatic N) is 1. The maximum atomic E-state index is 13.9. The van der Waals surface area contributed by atoms with Gasteiger partial charge in [0.2, 0.25) is 11.8 Å². The molecule has 222 valence electrons. The summed E-state index contributed by atoms with van der Waals surface area (Å²) < 4.78 is 46.9. The van der Waals surface area contributed by atoms with E-state index in [0.717, 1.165) is 18.1 Å². The fourth-order valence-corrected chi connectivity index (χ4v) is 4.97. The molecule has 9 heteroatoms. The second-order valence-corrected chi connectivity index (χ2v) is 10.5. The van der Waals surface area contributed by atoms with Gasteiger partial charge in [-0.15, -0.1) is 0 Å². The van der Waals surface area contributed by atoms with Crippen LogP contribution in [0.25, 0.3) is 22.6 Å². The number of amides is 1. The summed E-state index contributed by atoms with van der Waals surface area (Å²) in [5, 5.41) is 17.1. The molecule has 0 aliphatic rings. The Hall–Kier alpha value is -4.47. The van der Waals surface area contributed by atoms with Gasteiger partial charge in [0.15, 0.2) is 5.58 Å². The summed E-state index contributed by atoms with van der Waals surface area (Å²) in [5.41, 5.74) is 4.90. The Morgan fingerprint density at radius 3 is 2.35 bits per heavy atom. The average Bonchev–Trinajstić information content (AvgIpc) is 3.40. The standard InChI is InChI=1S/C34H32F3N3O3/c1-2-21-4-3-5-23(12-21)19-38-20-31(41)29(16-24-13-27(36)18-28(37)14-24)39-33(42)17-22-6-11-32-30(15-22)40-34(43-32)25-7-9-26(35)10-8-25/h3-15,18,29,31,38,41H,2,16-17,19-20H2,1H3,(H,39,42)/t29-,31-/m0/s1. The number of rotatable bonds is 12. The molecule has 1 amide bonds. The van der Waals surface area contributed by atoms with Crippen LogP contribution in [0.3, 0.4) is 0 Å². The zero-order chi connectivity index (χ0) is 30.3. The van der Waals surface area contributed by atoms with Crippen molar-refractivity contribution in [1.82, 2.24) is 15.6 Å². The van der Waals surface area contributed by atoms with Crippen molar-refractivity contribution in [3.63, 3.8) is 0 Å². The lowest BCUT2D eigenvalue weighted by Crippen LogP contribution is -2.49. The van der Waals surface area contributed by atoms with E-state index in [1.165, 1.54) is 29.8 Å². The number of carbonyl (C=O) groups excluding carboxylic acids is 1. The first-order valence-electron chi connectivity index (χ1n) is 14.1. The second-order valence-electron chi connectivity index (χ2n) is 10.5. The maximum Gasteiger partial charge on any atom is 0.227 e. The largest absolute Gasteiger partial charge is 0.436 e. The van der Waals surface area contributed by atoms with Crippen LogP contribution in [0.4, 0.5) is 13.2 Å². The van der Waals surface area contributed by atoms with E-state index in [1.54, 1.807) is 30.3 Å². The van der Waals surface area contributed by atoms with Gasteiger partial charge in [0, 0.05) is 24.7 Å². The number of carbonyl (C=O) groups is 1. The van der Waals surface area contributed by atoms with Gasteiger partial charge in [-0.1, -0.05) is 37.3 Å². The summed E-state index contributed by atoms with van der Waals surface area (Å²) in [6.07, 6.45) is -0.126. The van der Waals surface area contributed by atoms with E-state index in [1.807, 2.05) is 18.2 Å². The summed E-state index contributed by atoms with van der Waals surface area (Å²) in [6, 6.07) is 21.4. The summed E-state index contributed by atoms with van der Waals surface area (Å²) in [5.74, 6) is -1.88. The lowest BCUT2D eigenvalue weighted by atomic mass is 10.00. The zero-order valence-corrected chi connectivity index (χ0v) is 23.6. The number of hydrogen-bond donors (Lipinski definition) is 3. The highest BCUT2D eigenvalue weighted by Crippen LogP contribution is 2.25. The Morgan fingerprint density at radius 2 is 1.60 bits per heavy atom. The van der Waals surface area contributed by atoms with Gasteiger partial charge in [-0.25, -0.2) is 18.2 Å². The molecule has 43 heavy (non-hydrogen) atoms. The topological polar surface area (TPSA) is 87.4 Å². The zero-order valence-electron chi connectivity index (χ0n) is 23.6. The fraction of sp³-hybridized carbons (Fsp3) is 0.235. The molecule has 0 bridgehead atoms. The van der Waals surface area contributed by atoms with Crippen molar-refractivity contribution in [1.29, 1.82) is 0 Å². The van der Waals surface area contributed by atoms with Crippen LogP contribution in [0.15, 0.2) is 89.3 Å². The molecule has 0 radical (unpaired) electrons. The minimum absolute atomic E-state index is 0.0212. The van der Waals surface area contributed by atoms with Crippen molar-refractivity contribution < 1.29 is 27.5 Å². The van der Waals surface area contributed by atoms with Crippen molar-refractivity contribution in [2.75, 3.05) is 6.54 Å². The second kappa shape index (κ2) is 13.7. The predicted molar refractivity (Wildman–Crippen MR) is 159 cm³/mol. The van der Waals surface area contributed by atoms with Gasteiger partial charge in [0.1, 0.15) is 23.0 Å². The summed E-state index contributed by atoms with van der Waals surface area (Å²) in [4.78, 5) is 17.6. The Balaban J connectivity index is 1.27. The van der Waals surface area contributed by atoms with E-state index < -0.39 is 23.8 Å². The molecule has 1 heterocycles. The number of aliphatic hydroxyl groups is 1. The van der Waals surface area contributed by atoms with Crippen LogP contribution >= 0.6 is 0 Å². The van der Waals surface area contributed by atoms with Gasteiger partial charge in [0.05, 0.1) is 18.6 Å². The number of oxazole rings is 1. The SMILES string of the molecule is CCc1cccc(CNC[C@H](O)[C@H](Cc2cc(F)cc(F)c2)NC(=O)Cc2ccc3oc(-c4ccc(F)cc4)nc3c2)c1. The predicted octanol–water partition coefficient (Wildman–Crippen LogP) is 5.90. The van der Waals surface area contributed by atoms with E-state index in [0.29, 0.717) is 40.2 Å². The highest BCUT2D eigenvalue weighted by atomic mass is 19.1. The number of halogens is 3. The number of hydrogen-bond acceptors (Lipinski definition) is 5. The number of benzene rings is 4. The first kappa shape index (κ1) is 30.0. The number of fused-ring (bicyclic) bond motifs is 1. The van der Waals surface area contributed by atoms with Gasteiger partial charge in [-0.3, -0.25) is 4.79 Å². The Bertz CT molecular complexity index is 1680. The number of nitrogens with one attached hydrogen (secondary N) is 2. The fourth-order valence-electron chi connectivity index (χ4n) is 4.97. The highest BCUT2D eigenvalue weighted by molar-refractivity contribution is 5.82. The lowest BCUT2D eigenvalue weighted by molar-refractivity contribution is -0.122. The number of aryl methyl sites for hydroxylation is 1. The summed E-state index contributed by atoms with van der Waals surface area (Å²) >= 11 is 0. The van der Waals surface area contributed by atoms with E-state index in [9.17, 15) is 23.1 Å². The quantitative estimate of drug-likeness (QED) is 0.169. The molecule has 3 N–H and O–H groups in total. The molecule has 0 aliphatic carbocycles. The average molecular weight is 588 g/mol. The summed E-state index contributed by atoms with van der Waals surface area (Å²) in [6.45, 7) is 2.74. The van der Waals surface area contributed by atoms with Gasteiger partial charge in [-0.05, 0) is 83.6 Å². The molecule has 5 rings (SSSR count). The first-order chi connectivity index (χ1) is 20.7. The lowest BCUT2D eigenvalue weighted by Gasteiger charge is -2.25. The molecular weight excluding hydrogens is 555 g/mol. The van der Waals surface area contributed by atoms with Crippen LogP contribution in [0.5, 0.6) is 0 Å². The van der Waals surface area contributed by atoms with Gasteiger partial charge >= 0.3 is 0 Å². The van der Waals surface area contributed by atoms with Gasteiger partial charge in [0.25, 0.3) is 0 Å². The molecule has 5 aromatic rings. The van der Waals surface area contributed by atoms with Crippen molar-refractivity contribution >= 4 is 17.0 Å². The van der Waals surface area contributed by atoms with Crippen molar-refractivity contribution in [2.24, 2.45) is 0 Å². The van der Waals surface area contributed by atoms with Crippen LogP contribution in [0, 0.1) is 17.5 Å². The molecule has 0 unspecified atom stereocenters. The molecule has 1 aromatic heterocycles.